The van der Waals surface area contributed by atoms with E-state index in [1.165, 1.54) is 0 Å². The molecule has 0 spiro atoms. The Hall–Kier alpha value is -2.23. The van der Waals surface area contributed by atoms with E-state index in [4.69, 9.17) is 14.9 Å². The largest absolute Gasteiger partial charge is 0.476 e. The zero-order valence-corrected chi connectivity index (χ0v) is 16.4. The van der Waals surface area contributed by atoms with Gasteiger partial charge in [0.15, 0.2) is 0 Å². The fourth-order valence-corrected chi connectivity index (χ4v) is 3.36. The SMILES string of the molecule is CNc1nc(OCCN2CCOCC2)ccc1C(=N)C(=O)NC1CCNCC1. The van der Waals surface area contributed by atoms with Crippen LogP contribution in [0.5, 0.6) is 5.88 Å². The lowest BCUT2D eigenvalue weighted by atomic mass is 10.1. The molecule has 2 aliphatic heterocycles. The Morgan fingerprint density at radius 2 is 2.11 bits per heavy atom. The smallest absolute Gasteiger partial charge is 0.270 e. The third-order valence-electron chi connectivity index (χ3n) is 5.04. The summed E-state index contributed by atoms with van der Waals surface area (Å²) in [6.07, 6.45) is 1.76. The van der Waals surface area contributed by atoms with Crippen molar-refractivity contribution in [2.24, 2.45) is 0 Å². The molecule has 0 aromatic carbocycles. The van der Waals surface area contributed by atoms with Crippen molar-refractivity contribution >= 4 is 17.4 Å². The lowest BCUT2D eigenvalue weighted by Crippen LogP contribution is -2.45. The van der Waals surface area contributed by atoms with Crippen LogP contribution in [0.25, 0.3) is 0 Å². The number of nitrogens with one attached hydrogen (secondary N) is 4. The minimum absolute atomic E-state index is 0.0877. The number of rotatable bonds is 8. The van der Waals surface area contributed by atoms with E-state index in [9.17, 15) is 4.79 Å². The third kappa shape index (κ3) is 5.63. The van der Waals surface area contributed by atoms with E-state index in [1.807, 2.05) is 0 Å². The molecule has 154 valence electrons. The van der Waals surface area contributed by atoms with Crippen molar-refractivity contribution in [2.45, 2.75) is 18.9 Å². The molecule has 9 nitrogen and oxygen atoms in total. The maximum absolute atomic E-state index is 12.5. The second kappa shape index (κ2) is 10.4. The van der Waals surface area contributed by atoms with Crippen LogP contribution >= 0.6 is 0 Å². The molecule has 1 amide bonds. The van der Waals surface area contributed by atoms with Gasteiger partial charge in [0, 0.05) is 44.4 Å². The number of aromatic nitrogens is 1. The molecule has 0 saturated carbocycles. The molecular weight excluding hydrogens is 360 g/mol. The summed E-state index contributed by atoms with van der Waals surface area (Å²) in [7, 11) is 1.72. The second-order valence-corrected chi connectivity index (χ2v) is 6.97. The van der Waals surface area contributed by atoms with Crippen molar-refractivity contribution in [3.63, 3.8) is 0 Å². The summed E-state index contributed by atoms with van der Waals surface area (Å²) in [5, 5.41) is 17.5. The Morgan fingerprint density at radius 1 is 1.36 bits per heavy atom. The van der Waals surface area contributed by atoms with Crippen molar-refractivity contribution in [3.05, 3.63) is 17.7 Å². The van der Waals surface area contributed by atoms with Crippen molar-refractivity contribution < 1.29 is 14.3 Å². The predicted octanol–water partition coefficient (Wildman–Crippen LogP) is 0.0704. The highest BCUT2D eigenvalue weighted by Gasteiger charge is 2.21. The van der Waals surface area contributed by atoms with Gasteiger partial charge in [-0.3, -0.25) is 15.1 Å². The number of piperidine rings is 1. The first-order chi connectivity index (χ1) is 13.7. The van der Waals surface area contributed by atoms with E-state index in [0.717, 1.165) is 58.8 Å². The molecule has 0 bridgehead atoms. The Bertz CT molecular complexity index is 672. The van der Waals surface area contributed by atoms with Gasteiger partial charge in [-0.2, -0.15) is 4.98 Å². The van der Waals surface area contributed by atoms with E-state index in [0.29, 0.717) is 23.9 Å². The quantitative estimate of drug-likeness (QED) is 0.465. The summed E-state index contributed by atoms with van der Waals surface area (Å²) >= 11 is 0. The molecule has 3 heterocycles. The molecule has 0 aliphatic carbocycles. The normalized spacial score (nSPS) is 18.5. The van der Waals surface area contributed by atoms with Crippen LogP contribution in [0.2, 0.25) is 0 Å². The maximum Gasteiger partial charge on any atom is 0.270 e. The van der Waals surface area contributed by atoms with Crippen LogP contribution < -0.4 is 20.7 Å². The van der Waals surface area contributed by atoms with Gasteiger partial charge < -0.3 is 25.4 Å². The Morgan fingerprint density at radius 3 is 2.82 bits per heavy atom. The third-order valence-corrected chi connectivity index (χ3v) is 5.04. The van der Waals surface area contributed by atoms with Crippen LogP contribution in [0.15, 0.2) is 12.1 Å². The average molecular weight is 390 g/mol. The van der Waals surface area contributed by atoms with Gasteiger partial charge in [0.25, 0.3) is 5.91 Å². The second-order valence-electron chi connectivity index (χ2n) is 6.97. The van der Waals surface area contributed by atoms with Crippen LogP contribution in [0.3, 0.4) is 0 Å². The molecule has 9 heteroatoms. The summed E-state index contributed by atoms with van der Waals surface area (Å²) in [5.41, 5.74) is 0.379. The van der Waals surface area contributed by atoms with Crippen molar-refractivity contribution in [1.29, 1.82) is 5.41 Å². The molecule has 2 aliphatic rings. The van der Waals surface area contributed by atoms with Gasteiger partial charge in [0.05, 0.1) is 13.2 Å². The molecule has 4 N–H and O–H groups in total. The van der Waals surface area contributed by atoms with E-state index < -0.39 is 0 Å². The molecular formula is C19H30N6O3. The zero-order chi connectivity index (χ0) is 19.8. The van der Waals surface area contributed by atoms with E-state index in [2.05, 4.69) is 25.8 Å². The zero-order valence-electron chi connectivity index (χ0n) is 16.4. The highest BCUT2D eigenvalue weighted by atomic mass is 16.5. The fourth-order valence-electron chi connectivity index (χ4n) is 3.36. The van der Waals surface area contributed by atoms with Gasteiger partial charge in [-0.1, -0.05) is 0 Å². The van der Waals surface area contributed by atoms with E-state index in [1.54, 1.807) is 19.2 Å². The summed E-state index contributed by atoms with van der Waals surface area (Å²) in [4.78, 5) is 19.2. The highest BCUT2D eigenvalue weighted by Crippen LogP contribution is 2.18. The lowest BCUT2D eigenvalue weighted by molar-refractivity contribution is -0.115. The van der Waals surface area contributed by atoms with Gasteiger partial charge in [0.2, 0.25) is 5.88 Å². The van der Waals surface area contributed by atoms with E-state index >= 15 is 0 Å². The summed E-state index contributed by atoms with van der Waals surface area (Å²) in [6.45, 7) is 6.48. The number of morpholine rings is 1. The van der Waals surface area contributed by atoms with Crippen LogP contribution in [0.4, 0.5) is 5.82 Å². The monoisotopic (exact) mass is 390 g/mol. The van der Waals surface area contributed by atoms with Gasteiger partial charge in [-0.25, -0.2) is 0 Å². The van der Waals surface area contributed by atoms with Crippen LogP contribution in [-0.4, -0.2) is 87.1 Å². The first-order valence-electron chi connectivity index (χ1n) is 9.89. The summed E-state index contributed by atoms with van der Waals surface area (Å²) in [5.74, 6) is 0.577. The standard InChI is InChI=1S/C19H30N6O3/c1-21-18-15(17(20)19(26)23-14-4-6-22-7-5-14)2-3-16(24-18)28-13-10-25-8-11-27-12-9-25/h2-3,14,20,22H,4-13H2,1H3,(H,21,24)(H,23,26). The van der Waals surface area contributed by atoms with Crippen molar-refractivity contribution in [3.8, 4) is 5.88 Å². The molecule has 2 fully saturated rings. The molecule has 2 saturated heterocycles. The minimum Gasteiger partial charge on any atom is -0.476 e. The average Bonchev–Trinajstić information content (AvgIpc) is 2.74. The van der Waals surface area contributed by atoms with Crippen LogP contribution in [0.1, 0.15) is 18.4 Å². The topological polar surface area (TPSA) is 112 Å². The first kappa shape index (κ1) is 20.5. The van der Waals surface area contributed by atoms with Gasteiger partial charge in [-0.05, 0) is 32.0 Å². The Labute approximate surface area is 165 Å². The number of nitrogens with zero attached hydrogens (tertiary/aromatic N) is 2. The number of amides is 1. The van der Waals surface area contributed by atoms with Gasteiger partial charge >= 0.3 is 0 Å². The predicted molar refractivity (Wildman–Crippen MR) is 107 cm³/mol. The Balaban J connectivity index is 1.55. The molecule has 1 aromatic heterocycles. The summed E-state index contributed by atoms with van der Waals surface area (Å²) in [6, 6.07) is 3.54. The van der Waals surface area contributed by atoms with E-state index in [-0.39, 0.29) is 17.7 Å². The van der Waals surface area contributed by atoms with Gasteiger partial charge in [-0.15, -0.1) is 0 Å². The molecule has 28 heavy (non-hydrogen) atoms. The number of carbonyl (C=O) groups is 1. The van der Waals surface area contributed by atoms with Crippen LogP contribution in [0, 0.1) is 5.41 Å². The number of ether oxygens (including phenoxy) is 2. The summed E-state index contributed by atoms with van der Waals surface area (Å²) < 4.78 is 11.1. The number of pyridine rings is 1. The van der Waals surface area contributed by atoms with Gasteiger partial charge in [0.1, 0.15) is 18.1 Å². The Kier molecular flexibility index (Phi) is 7.58. The molecule has 3 rings (SSSR count). The highest BCUT2D eigenvalue weighted by molar-refractivity contribution is 6.45. The minimum atomic E-state index is -0.369. The fraction of sp³-hybridized carbons (Fsp3) is 0.632. The number of hydrogen-bond acceptors (Lipinski definition) is 8. The number of carbonyl (C=O) groups excluding carboxylic acids is 1. The van der Waals surface area contributed by atoms with Crippen molar-refractivity contribution in [2.75, 3.05) is 64.9 Å². The molecule has 0 radical (unpaired) electrons. The number of anilines is 1. The maximum atomic E-state index is 12.5. The van der Waals surface area contributed by atoms with Crippen molar-refractivity contribution in [1.82, 2.24) is 20.5 Å². The number of hydrogen-bond donors (Lipinski definition) is 4. The van der Waals surface area contributed by atoms with Crippen LogP contribution in [-0.2, 0) is 9.53 Å². The molecule has 0 unspecified atom stereocenters. The lowest BCUT2D eigenvalue weighted by Gasteiger charge is -2.26. The first-order valence-corrected chi connectivity index (χ1v) is 9.89. The molecule has 1 aromatic rings. The molecule has 0 atom stereocenters.